The molecule has 2 aromatic heterocycles. The van der Waals surface area contributed by atoms with Crippen molar-refractivity contribution >= 4 is 11.7 Å². The number of hydrogen-bond donors (Lipinski definition) is 1. The molecule has 28 heavy (non-hydrogen) atoms. The van der Waals surface area contributed by atoms with Crippen molar-refractivity contribution in [3.63, 3.8) is 0 Å². The lowest BCUT2D eigenvalue weighted by molar-refractivity contribution is -0.0816. The van der Waals surface area contributed by atoms with Gasteiger partial charge in [-0.15, -0.1) is 0 Å². The Kier molecular flexibility index (Phi) is 3.67. The summed E-state index contributed by atoms with van der Waals surface area (Å²) in [4.78, 5) is 42.7. The molecule has 1 fully saturated rings. The van der Waals surface area contributed by atoms with E-state index in [1.807, 2.05) is 6.92 Å². The Morgan fingerprint density at radius 3 is 2.86 bits per heavy atom. The van der Waals surface area contributed by atoms with E-state index >= 15 is 0 Å². The predicted octanol–water partition coefficient (Wildman–Crippen LogP) is 0.552. The third-order valence-corrected chi connectivity index (χ3v) is 6.29. The molecule has 2 aliphatic heterocycles. The van der Waals surface area contributed by atoms with E-state index in [4.69, 9.17) is 4.74 Å². The van der Waals surface area contributed by atoms with Crippen LogP contribution in [0.3, 0.4) is 0 Å². The highest BCUT2D eigenvalue weighted by Crippen LogP contribution is 2.33. The van der Waals surface area contributed by atoms with Crippen LogP contribution in [0, 0.1) is 6.92 Å². The Bertz CT molecular complexity index is 1060. The molecule has 9 nitrogen and oxygen atoms in total. The molecule has 0 bridgehead atoms. The summed E-state index contributed by atoms with van der Waals surface area (Å²) in [6.07, 6.45) is 2.83. The molecule has 0 radical (unpaired) electrons. The molecule has 5 rings (SSSR count). The fourth-order valence-corrected chi connectivity index (χ4v) is 4.78. The summed E-state index contributed by atoms with van der Waals surface area (Å²) >= 11 is 0. The number of ether oxygens (including phenoxy) is 1. The molecule has 3 aliphatic rings. The van der Waals surface area contributed by atoms with Crippen molar-refractivity contribution in [2.75, 3.05) is 13.1 Å². The molecule has 9 heteroatoms. The van der Waals surface area contributed by atoms with Gasteiger partial charge in [-0.1, -0.05) is 0 Å². The second kappa shape index (κ2) is 5.91. The monoisotopic (exact) mass is 385 g/mol. The van der Waals surface area contributed by atoms with Crippen molar-refractivity contribution in [3.05, 3.63) is 38.8 Å². The molecule has 2 aromatic rings. The van der Waals surface area contributed by atoms with Gasteiger partial charge in [0, 0.05) is 31.3 Å². The van der Waals surface area contributed by atoms with Gasteiger partial charge in [-0.25, -0.2) is 9.48 Å². The van der Waals surface area contributed by atoms with Crippen LogP contribution >= 0.6 is 0 Å². The Labute approximate surface area is 161 Å². The van der Waals surface area contributed by atoms with E-state index in [1.54, 1.807) is 16.5 Å². The first kappa shape index (κ1) is 17.4. The largest absolute Gasteiger partial charge is 0.363 e. The Hall–Kier alpha value is -2.68. The van der Waals surface area contributed by atoms with E-state index in [1.165, 1.54) is 4.68 Å². The SMILES string of the molecule is Cc1c(C(=O)N2CCC3(C2)Cn2c(nn(C)c2=O)CO3)[nH]c2c1C(=O)CCC2. The van der Waals surface area contributed by atoms with E-state index in [2.05, 4.69) is 10.1 Å². The zero-order chi connectivity index (χ0) is 19.6. The molecule has 4 heterocycles. The molecule has 1 saturated heterocycles. The lowest BCUT2D eigenvalue weighted by Gasteiger charge is -2.33. The molecule has 1 aliphatic carbocycles. The summed E-state index contributed by atoms with van der Waals surface area (Å²) in [6.45, 7) is 3.49. The van der Waals surface area contributed by atoms with Crippen LogP contribution in [0.2, 0.25) is 0 Å². The van der Waals surface area contributed by atoms with Gasteiger partial charge >= 0.3 is 5.69 Å². The number of H-pyrrole nitrogens is 1. The highest BCUT2D eigenvalue weighted by atomic mass is 16.5. The Balaban J connectivity index is 1.40. The zero-order valence-electron chi connectivity index (χ0n) is 16.1. The number of nitrogens with zero attached hydrogens (tertiary/aromatic N) is 4. The minimum atomic E-state index is -0.564. The van der Waals surface area contributed by atoms with Crippen LogP contribution < -0.4 is 5.69 Å². The van der Waals surface area contributed by atoms with Gasteiger partial charge in [-0.3, -0.25) is 14.2 Å². The van der Waals surface area contributed by atoms with Crippen molar-refractivity contribution in [2.24, 2.45) is 7.05 Å². The average Bonchev–Trinajstić information content (AvgIpc) is 3.32. The first-order valence-corrected chi connectivity index (χ1v) is 9.69. The normalized spacial score (nSPS) is 23.9. The quantitative estimate of drug-likeness (QED) is 0.772. The van der Waals surface area contributed by atoms with Crippen LogP contribution in [0.4, 0.5) is 0 Å². The summed E-state index contributed by atoms with van der Waals surface area (Å²) in [5.41, 5.74) is 2.11. The van der Waals surface area contributed by atoms with Crippen molar-refractivity contribution < 1.29 is 14.3 Å². The second-order valence-electron chi connectivity index (χ2n) is 8.11. The number of fused-ring (bicyclic) bond motifs is 2. The van der Waals surface area contributed by atoms with Gasteiger partial charge in [-0.2, -0.15) is 5.10 Å². The first-order valence-electron chi connectivity index (χ1n) is 9.69. The summed E-state index contributed by atoms with van der Waals surface area (Å²) in [7, 11) is 1.63. The minimum Gasteiger partial charge on any atom is -0.363 e. The van der Waals surface area contributed by atoms with Gasteiger partial charge < -0.3 is 14.6 Å². The van der Waals surface area contributed by atoms with E-state index in [9.17, 15) is 14.4 Å². The number of rotatable bonds is 1. The van der Waals surface area contributed by atoms with Crippen LogP contribution in [-0.4, -0.2) is 54.6 Å². The number of ketones is 1. The third-order valence-electron chi connectivity index (χ3n) is 6.29. The molecule has 0 saturated carbocycles. The fraction of sp³-hybridized carbons (Fsp3) is 0.579. The van der Waals surface area contributed by atoms with Gasteiger partial charge in [0.2, 0.25) is 0 Å². The Morgan fingerprint density at radius 1 is 1.25 bits per heavy atom. The second-order valence-corrected chi connectivity index (χ2v) is 8.11. The minimum absolute atomic E-state index is 0.107. The number of amides is 1. The van der Waals surface area contributed by atoms with Gasteiger partial charge in [-0.05, 0) is 31.7 Å². The van der Waals surface area contributed by atoms with Gasteiger partial charge in [0.1, 0.15) is 17.9 Å². The van der Waals surface area contributed by atoms with Crippen LogP contribution in [0.1, 0.15) is 57.2 Å². The lowest BCUT2D eigenvalue weighted by Crippen LogP contribution is -2.47. The average molecular weight is 385 g/mol. The predicted molar refractivity (Wildman–Crippen MR) is 98.3 cm³/mol. The molecule has 1 unspecified atom stereocenters. The molecule has 1 spiro atoms. The molecule has 1 amide bonds. The third kappa shape index (κ3) is 2.42. The highest BCUT2D eigenvalue weighted by Gasteiger charge is 2.45. The van der Waals surface area contributed by atoms with E-state index in [0.717, 1.165) is 24.1 Å². The summed E-state index contributed by atoms with van der Waals surface area (Å²) in [5.74, 6) is 0.629. The molecule has 0 aromatic carbocycles. The van der Waals surface area contributed by atoms with E-state index in [0.29, 0.717) is 49.6 Å². The van der Waals surface area contributed by atoms with Crippen molar-refractivity contribution in [1.29, 1.82) is 0 Å². The fourth-order valence-electron chi connectivity index (χ4n) is 4.78. The molecular formula is C19H23N5O4. The molecule has 148 valence electrons. The van der Waals surface area contributed by atoms with Crippen LogP contribution in [0.15, 0.2) is 4.79 Å². The number of likely N-dealkylation sites (tertiary alicyclic amines) is 1. The van der Waals surface area contributed by atoms with Gasteiger partial charge in [0.25, 0.3) is 5.91 Å². The maximum atomic E-state index is 13.2. The van der Waals surface area contributed by atoms with Gasteiger partial charge in [0.15, 0.2) is 11.6 Å². The lowest BCUT2D eigenvalue weighted by atomic mass is 9.94. The number of carbonyl (C=O) groups excluding carboxylic acids is 2. The highest BCUT2D eigenvalue weighted by molar-refractivity contribution is 6.04. The van der Waals surface area contributed by atoms with Crippen LogP contribution in [-0.2, 0) is 31.4 Å². The first-order chi connectivity index (χ1) is 13.4. The van der Waals surface area contributed by atoms with E-state index in [-0.39, 0.29) is 24.0 Å². The van der Waals surface area contributed by atoms with Crippen molar-refractivity contribution in [2.45, 2.75) is 51.4 Å². The maximum absolute atomic E-state index is 13.2. The summed E-state index contributed by atoms with van der Waals surface area (Å²) < 4.78 is 9.04. The van der Waals surface area contributed by atoms with Crippen LogP contribution in [0.25, 0.3) is 0 Å². The number of aromatic amines is 1. The standard InChI is InChI=1S/C19H23N5O4/c1-11-15-12(4-3-5-13(15)25)20-16(11)17(26)23-7-6-19(9-23)10-24-14(8-28-19)21-22(2)18(24)27/h20H,3-10H2,1-2H3. The molecule has 1 atom stereocenters. The molecular weight excluding hydrogens is 362 g/mol. The smallest absolute Gasteiger partial charge is 0.345 e. The van der Waals surface area contributed by atoms with E-state index < -0.39 is 5.60 Å². The zero-order valence-corrected chi connectivity index (χ0v) is 16.1. The number of carbonyl (C=O) groups is 2. The topological polar surface area (TPSA) is 102 Å². The maximum Gasteiger partial charge on any atom is 0.345 e. The molecule has 1 N–H and O–H groups in total. The summed E-state index contributed by atoms with van der Waals surface area (Å²) in [6, 6.07) is 0. The van der Waals surface area contributed by atoms with Crippen LogP contribution in [0.5, 0.6) is 0 Å². The number of aryl methyl sites for hydroxylation is 2. The number of Topliss-reactive ketones (excluding diaryl/α,β-unsaturated/α-hetero) is 1. The number of hydrogen-bond acceptors (Lipinski definition) is 5. The summed E-state index contributed by atoms with van der Waals surface area (Å²) in [5, 5.41) is 4.19. The van der Waals surface area contributed by atoms with Crippen molar-refractivity contribution in [1.82, 2.24) is 24.2 Å². The number of nitrogens with one attached hydrogen (secondary N) is 1. The Morgan fingerprint density at radius 2 is 2.07 bits per heavy atom. The van der Waals surface area contributed by atoms with Crippen molar-refractivity contribution in [3.8, 4) is 0 Å². The van der Waals surface area contributed by atoms with Gasteiger partial charge in [0.05, 0.1) is 13.1 Å². The number of aromatic nitrogens is 4.